The van der Waals surface area contributed by atoms with Gasteiger partial charge in [0.1, 0.15) is 0 Å². The number of fused-ring (bicyclic) bond motifs is 3. The van der Waals surface area contributed by atoms with Gasteiger partial charge in [0.15, 0.2) is 4.77 Å². The number of hydrogen-bond acceptors (Lipinski definition) is 3. The van der Waals surface area contributed by atoms with Gasteiger partial charge in [-0.3, -0.25) is 4.98 Å². The summed E-state index contributed by atoms with van der Waals surface area (Å²) in [4.78, 5) is 7.77. The first kappa shape index (κ1) is 13.0. The summed E-state index contributed by atoms with van der Waals surface area (Å²) in [5.74, 6) is 0.657. The molecule has 4 rings (SSSR count). The molecule has 3 aromatic rings. The molecule has 1 aromatic carbocycles. The van der Waals surface area contributed by atoms with Crippen molar-refractivity contribution in [2.75, 3.05) is 13.2 Å². The van der Waals surface area contributed by atoms with Gasteiger partial charge in [-0.1, -0.05) is 18.2 Å². The Hall–Kier alpha value is -1.72. The maximum absolute atomic E-state index is 5.50. The third-order valence-corrected chi connectivity index (χ3v) is 4.61. The first-order valence-electron chi connectivity index (χ1n) is 7.37. The highest BCUT2D eigenvalue weighted by atomic mass is 32.1. The highest BCUT2D eigenvalue weighted by Gasteiger charge is 2.16. The first-order chi connectivity index (χ1) is 10.3. The molecule has 5 heteroatoms. The molecule has 3 heterocycles. The van der Waals surface area contributed by atoms with E-state index >= 15 is 0 Å². The fourth-order valence-electron chi connectivity index (χ4n) is 3.13. The molecule has 0 aliphatic carbocycles. The number of rotatable bonds is 3. The minimum absolute atomic E-state index is 0.657. The van der Waals surface area contributed by atoms with Crippen LogP contribution in [0.5, 0.6) is 0 Å². The van der Waals surface area contributed by atoms with Crippen LogP contribution >= 0.6 is 12.2 Å². The number of aryl methyl sites for hydroxylation is 1. The SMILES string of the molecule is S=c1[nH]c2cnc3ccccc3c2n1CCC1CCOC1. The van der Waals surface area contributed by atoms with E-state index in [0.717, 1.165) is 53.8 Å². The van der Waals surface area contributed by atoms with Gasteiger partial charge in [0, 0.05) is 25.1 Å². The van der Waals surface area contributed by atoms with Gasteiger partial charge in [0.2, 0.25) is 0 Å². The number of imidazole rings is 1. The van der Waals surface area contributed by atoms with Crippen molar-refractivity contribution < 1.29 is 4.74 Å². The molecule has 2 aromatic heterocycles. The number of nitrogens with zero attached hydrogens (tertiary/aromatic N) is 2. The van der Waals surface area contributed by atoms with Crippen molar-refractivity contribution in [2.24, 2.45) is 5.92 Å². The molecule has 0 saturated carbocycles. The van der Waals surface area contributed by atoms with E-state index in [1.165, 1.54) is 5.52 Å². The molecule has 1 N–H and O–H groups in total. The summed E-state index contributed by atoms with van der Waals surface area (Å²) in [7, 11) is 0. The molecule has 4 nitrogen and oxygen atoms in total. The number of aromatic amines is 1. The Labute approximate surface area is 127 Å². The second-order valence-corrected chi connectivity index (χ2v) is 6.02. The van der Waals surface area contributed by atoms with Gasteiger partial charge in [-0.15, -0.1) is 0 Å². The Morgan fingerprint density at radius 3 is 3.14 bits per heavy atom. The Balaban J connectivity index is 1.81. The zero-order valence-corrected chi connectivity index (χ0v) is 12.5. The van der Waals surface area contributed by atoms with E-state index in [4.69, 9.17) is 17.0 Å². The van der Waals surface area contributed by atoms with Crippen molar-refractivity contribution in [1.29, 1.82) is 0 Å². The average Bonchev–Trinajstić information content (AvgIpc) is 3.12. The Bertz CT molecular complexity index is 845. The second-order valence-electron chi connectivity index (χ2n) is 5.64. The number of hydrogen-bond donors (Lipinski definition) is 1. The van der Waals surface area contributed by atoms with Crippen molar-refractivity contribution in [2.45, 2.75) is 19.4 Å². The van der Waals surface area contributed by atoms with Crippen LogP contribution in [0, 0.1) is 10.7 Å². The van der Waals surface area contributed by atoms with E-state index in [0.29, 0.717) is 5.92 Å². The minimum Gasteiger partial charge on any atom is -0.381 e. The summed E-state index contributed by atoms with van der Waals surface area (Å²) in [6.45, 7) is 2.72. The molecule has 1 atom stereocenters. The van der Waals surface area contributed by atoms with Gasteiger partial charge in [-0.2, -0.15) is 0 Å². The van der Waals surface area contributed by atoms with Gasteiger partial charge >= 0.3 is 0 Å². The van der Waals surface area contributed by atoms with E-state index in [2.05, 4.69) is 26.7 Å². The first-order valence-corrected chi connectivity index (χ1v) is 7.78. The zero-order chi connectivity index (χ0) is 14.2. The largest absolute Gasteiger partial charge is 0.381 e. The summed E-state index contributed by atoms with van der Waals surface area (Å²) in [5.41, 5.74) is 3.20. The number of nitrogens with one attached hydrogen (secondary N) is 1. The number of ether oxygens (including phenoxy) is 1. The lowest BCUT2D eigenvalue weighted by Gasteiger charge is -2.10. The van der Waals surface area contributed by atoms with Crippen LogP contribution in [-0.2, 0) is 11.3 Å². The molecule has 0 amide bonds. The van der Waals surface area contributed by atoms with Crippen LogP contribution in [0.1, 0.15) is 12.8 Å². The van der Waals surface area contributed by atoms with Crippen molar-refractivity contribution in [3.8, 4) is 0 Å². The number of benzene rings is 1. The third kappa shape index (κ3) is 2.26. The van der Waals surface area contributed by atoms with Crippen molar-refractivity contribution >= 4 is 34.2 Å². The number of H-pyrrole nitrogens is 1. The molecule has 1 saturated heterocycles. The normalized spacial score (nSPS) is 18.8. The molecule has 1 unspecified atom stereocenters. The number of pyridine rings is 1. The lowest BCUT2D eigenvalue weighted by atomic mass is 10.1. The van der Waals surface area contributed by atoms with Crippen LogP contribution in [0.2, 0.25) is 0 Å². The Morgan fingerprint density at radius 1 is 1.38 bits per heavy atom. The molecule has 21 heavy (non-hydrogen) atoms. The summed E-state index contributed by atoms with van der Waals surface area (Å²) in [6.07, 6.45) is 4.15. The van der Waals surface area contributed by atoms with Gasteiger partial charge in [0.05, 0.1) is 22.7 Å². The van der Waals surface area contributed by atoms with Crippen LogP contribution in [0.4, 0.5) is 0 Å². The standard InChI is InChI=1S/C16H17N3OS/c21-16-18-14-9-17-13-4-2-1-3-12(13)15(14)19(16)7-5-11-6-8-20-10-11/h1-4,9,11H,5-8,10H2,(H,18,21). The van der Waals surface area contributed by atoms with Crippen molar-refractivity contribution in [1.82, 2.24) is 14.5 Å². The fraction of sp³-hybridized carbons (Fsp3) is 0.375. The molecular formula is C16H17N3OS. The lowest BCUT2D eigenvalue weighted by molar-refractivity contribution is 0.183. The van der Waals surface area contributed by atoms with Gasteiger partial charge in [-0.25, -0.2) is 0 Å². The minimum atomic E-state index is 0.657. The predicted octanol–water partition coefficient (Wildman–Crippen LogP) is 3.67. The van der Waals surface area contributed by atoms with Crippen LogP contribution < -0.4 is 0 Å². The molecule has 0 spiro atoms. The average molecular weight is 299 g/mol. The Kier molecular flexibility index (Phi) is 3.24. The second kappa shape index (κ2) is 5.24. The summed E-state index contributed by atoms with van der Waals surface area (Å²) in [5, 5.41) is 1.16. The molecule has 0 bridgehead atoms. The smallest absolute Gasteiger partial charge is 0.178 e. The van der Waals surface area contributed by atoms with Crippen LogP contribution in [-0.4, -0.2) is 27.7 Å². The summed E-state index contributed by atoms with van der Waals surface area (Å²) in [6, 6.07) is 8.22. The number of aromatic nitrogens is 3. The van der Waals surface area contributed by atoms with E-state index in [1.807, 2.05) is 18.3 Å². The maximum atomic E-state index is 5.50. The summed E-state index contributed by atoms with van der Waals surface area (Å²) < 4.78 is 8.46. The van der Waals surface area contributed by atoms with Crippen molar-refractivity contribution in [3.63, 3.8) is 0 Å². The number of para-hydroxylation sites is 1. The van der Waals surface area contributed by atoms with E-state index < -0.39 is 0 Å². The zero-order valence-electron chi connectivity index (χ0n) is 11.7. The molecule has 1 fully saturated rings. The van der Waals surface area contributed by atoms with Gasteiger partial charge in [-0.05, 0) is 37.0 Å². The van der Waals surface area contributed by atoms with Crippen LogP contribution in [0.3, 0.4) is 0 Å². The summed E-state index contributed by atoms with van der Waals surface area (Å²) >= 11 is 5.50. The lowest BCUT2D eigenvalue weighted by Crippen LogP contribution is -2.06. The Morgan fingerprint density at radius 2 is 2.29 bits per heavy atom. The van der Waals surface area contributed by atoms with Crippen LogP contribution in [0.15, 0.2) is 30.5 Å². The predicted molar refractivity (Wildman–Crippen MR) is 86.0 cm³/mol. The molecular weight excluding hydrogens is 282 g/mol. The quantitative estimate of drug-likeness (QED) is 0.750. The monoisotopic (exact) mass is 299 g/mol. The highest BCUT2D eigenvalue weighted by Crippen LogP contribution is 2.25. The van der Waals surface area contributed by atoms with Crippen molar-refractivity contribution in [3.05, 3.63) is 35.2 Å². The van der Waals surface area contributed by atoms with E-state index in [9.17, 15) is 0 Å². The van der Waals surface area contributed by atoms with Gasteiger partial charge in [0.25, 0.3) is 0 Å². The molecule has 108 valence electrons. The highest BCUT2D eigenvalue weighted by molar-refractivity contribution is 7.71. The molecule has 1 aliphatic rings. The molecule has 1 aliphatic heterocycles. The van der Waals surface area contributed by atoms with E-state index in [-0.39, 0.29) is 0 Å². The molecule has 0 radical (unpaired) electrons. The van der Waals surface area contributed by atoms with Crippen LogP contribution in [0.25, 0.3) is 21.9 Å². The van der Waals surface area contributed by atoms with Gasteiger partial charge < -0.3 is 14.3 Å². The third-order valence-electron chi connectivity index (χ3n) is 4.29. The topological polar surface area (TPSA) is 42.8 Å². The fourth-order valence-corrected chi connectivity index (χ4v) is 3.42. The maximum Gasteiger partial charge on any atom is 0.178 e. The van der Waals surface area contributed by atoms with E-state index in [1.54, 1.807) is 0 Å².